The predicted molar refractivity (Wildman–Crippen MR) is 266 cm³/mol. The van der Waals surface area contributed by atoms with E-state index in [1.165, 1.54) is 0 Å². The van der Waals surface area contributed by atoms with Crippen LogP contribution in [0.2, 0.25) is 0 Å². The molecule has 0 fully saturated rings. The summed E-state index contributed by atoms with van der Waals surface area (Å²) in [6.45, 7) is 37.0. The fourth-order valence-electron chi connectivity index (χ4n) is 8.00. The summed E-state index contributed by atoms with van der Waals surface area (Å²) in [5.74, 6) is 2.46. The molecule has 1 aromatic heterocycles. The van der Waals surface area contributed by atoms with Gasteiger partial charge in [0.15, 0.2) is 0 Å². The van der Waals surface area contributed by atoms with Crippen LogP contribution in [-0.2, 0) is 52.1 Å². The third-order valence-electron chi connectivity index (χ3n) is 11.9. The van der Waals surface area contributed by atoms with E-state index in [9.17, 15) is 29.7 Å². The van der Waals surface area contributed by atoms with Crippen LogP contribution in [0.3, 0.4) is 0 Å². The lowest BCUT2D eigenvalue weighted by atomic mass is 9.79. The zero-order valence-corrected chi connectivity index (χ0v) is 43.5. The molecular weight excluding hydrogens is 835 g/mol. The number of hydrogen-bond donors (Lipinski definition) is 3. The van der Waals surface area contributed by atoms with E-state index in [2.05, 4.69) is 0 Å². The van der Waals surface area contributed by atoms with Crippen LogP contribution in [0.15, 0.2) is 50.8 Å². The number of phenolic OH excluding ortho intramolecular Hbond substituents is 3. The number of nitrogens with zero attached hydrogens (tertiary/aromatic N) is 3. The Hall–Kier alpha value is -5.13. The zero-order chi connectivity index (χ0) is 50.1. The summed E-state index contributed by atoms with van der Waals surface area (Å²) in [7, 11) is 0. The molecule has 0 atom stereocenters. The smallest absolute Gasteiger partial charge is 0.336 e. The molecule has 0 aliphatic carbocycles. The highest BCUT2D eigenvalue weighted by atomic mass is 16.5. The number of hydrogen-bond acceptors (Lipinski definition) is 9. The molecule has 0 spiro atoms. The van der Waals surface area contributed by atoms with E-state index in [0.29, 0.717) is 17.2 Å². The normalized spacial score (nSPS) is 13.0. The minimum atomic E-state index is -0.713. The van der Waals surface area contributed by atoms with Crippen molar-refractivity contribution in [2.45, 2.75) is 196 Å². The van der Waals surface area contributed by atoms with Gasteiger partial charge in [0.2, 0.25) is 0 Å². The Morgan fingerprint density at radius 1 is 0.348 bits per heavy atom. The van der Waals surface area contributed by atoms with Crippen molar-refractivity contribution in [3.63, 3.8) is 0 Å². The van der Waals surface area contributed by atoms with Crippen LogP contribution in [0.5, 0.6) is 34.5 Å². The van der Waals surface area contributed by atoms with E-state index in [0.717, 1.165) is 47.1 Å². The highest BCUT2D eigenvalue weighted by molar-refractivity contribution is 5.54. The molecule has 0 radical (unpaired) electrons. The van der Waals surface area contributed by atoms with Gasteiger partial charge in [-0.1, -0.05) is 125 Å². The molecule has 12 heteroatoms. The number of benzene rings is 3. The minimum absolute atomic E-state index is 0.00137. The van der Waals surface area contributed by atoms with Gasteiger partial charge in [0.1, 0.15) is 34.5 Å². The molecular formula is C54H81N3O9. The number of aromatic hydroxyl groups is 3. The van der Waals surface area contributed by atoms with Gasteiger partial charge < -0.3 is 29.5 Å². The predicted octanol–water partition coefficient (Wildman–Crippen LogP) is 10.5. The van der Waals surface area contributed by atoms with Gasteiger partial charge in [-0.05, 0) is 88.2 Å². The van der Waals surface area contributed by atoms with Crippen molar-refractivity contribution < 1.29 is 29.5 Å². The molecule has 0 aliphatic rings. The highest BCUT2D eigenvalue weighted by Gasteiger charge is 2.30. The van der Waals surface area contributed by atoms with E-state index in [4.69, 9.17) is 14.2 Å². The SMILES string of the molecule is CC(C)(C)c1cc(OCCCn2c(=O)n(CCCOc3cc(C(C)(C)C)c(O)c(C(C)(C)C)c3)c(=O)n(CCCOc3cc(C(C)(C)C)c(O)c(C(C)(C)C)c3)c2=O)cc(C(C)(C)C)c1O. The van der Waals surface area contributed by atoms with Gasteiger partial charge in [0, 0.05) is 53.0 Å². The van der Waals surface area contributed by atoms with Crippen LogP contribution in [0.1, 0.15) is 177 Å². The van der Waals surface area contributed by atoms with E-state index in [1.807, 2.05) is 161 Å². The average molecular weight is 916 g/mol. The molecule has 0 bridgehead atoms. The Kier molecular flexibility index (Phi) is 15.9. The molecule has 366 valence electrons. The number of rotatable bonds is 15. The van der Waals surface area contributed by atoms with Crippen LogP contribution in [0.4, 0.5) is 0 Å². The summed E-state index contributed by atoms with van der Waals surface area (Å²) in [5, 5.41) is 33.6. The fourth-order valence-corrected chi connectivity index (χ4v) is 8.00. The first-order valence-electron chi connectivity index (χ1n) is 23.5. The van der Waals surface area contributed by atoms with Gasteiger partial charge >= 0.3 is 17.1 Å². The van der Waals surface area contributed by atoms with E-state index in [-0.39, 0.29) is 108 Å². The van der Waals surface area contributed by atoms with Gasteiger partial charge in [-0.15, -0.1) is 0 Å². The molecule has 1 heterocycles. The second-order valence-corrected chi connectivity index (χ2v) is 24.0. The molecule has 12 nitrogen and oxygen atoms in total. The quantitative estimate of drug-likeness (QED) is 0.0989. The maximum atomic E-state index is 14.1. The fraction of sp³-hybridized carbons (Fsp3) is 0.611. The van der Waals surface area contributed by atoms with Crippen molar-refractivity contribution in [1.29, 1.82) is 0 Å². The highest BCUT2D eigenvalue weighted by Crippen LogP contribution is 2.44. The Bertz CT molecular complexity index is 2120. The van der Waals surface area contributed by atoms with Gasteiger partial charge in [0.25, 0.3) is 0 Å². The lowest BCUT2D eigenvalue weighted by Gasteiger charge is -2.28. The summed E-state index contributed by atoms with van der Waals surface area (Å²) in [4.78, 5) is 42.3. The van der Waals surface area contributed by atoms with Gasteiger partial charge in [-0.25, -0.2) is 28.1 Å². The standard InChI is InChI=1S/C54H81N3O9/c1-49(2,3)37-28-34(29-38(43(37)58)50(4,5)6)64-25-19-22-55-46(61)56(23-20-26-65-35-30-39(51(7,8)9)44(59)40(31-35)52(10,11)12)48(63)57(47(55)62)24-21-27-66-36-32-41(53(13,14)15)45(60)42(33-36)54(16,17)18/h28-33,58-60H,19-27H2,1-18H3. The first kappa shape index (κ1) is 53.5. The molecule has 4 rings (SSSR count). The molecule has 0 saturated carbocycles. The number of phenols is 3. The van der Waals surface area contributed by atoms with E-state index >= 15 is 0 Å². The van der Waals surface area contributed by atoms with Gasteiger partial charge in [-0.3, -0.25) is 0 Å². The summed E-state index contributed by atoms with van der Waals surface area (Å²) in [6, 6.07) is 11.0. The molecule has 0 saturated heterocycles. The lowest BCUT2D eigenvalue weighted by molar-refractivity contribution is 0.279. The van der Waals surface area contributed by atoms with Crippen molar-refractivity contribution in [2.24, 2.45) is 0 Å². The van der Waals surface area contributed by atoms with Crippen LogP contribution in [0.25, 0.3) is 0 Å². The lowest BCUT2D eigenvalue weighted by Crippen LogP contribution is -2.54. The Morgan fingerprint density at radius 2 is 0.515 bits per heavy atom. The molecule has 4 aromatic rings. The molecule has 3 aromatic carbocycles. The third-order valence-corrected chi connectivity index (χ3v) is 11.9. The Labute approximate surface area is 393 Å². The van der Waals surface area contributed by atoms with Crippen LogP contribution in [0, 0.1) is 0 Å². The van der Waals surface area contributed by atoms with Crippen molar-refractivity contribution in [1.82, 2.24) is 13.7 Å². The van der Waals surface area contributed by atoms with E-state index < -0.39 is 17.1 Å². The molecule has 0 unspecified atom stereocenters. The first-order valence-corrected chi connectivity index (χ1v) is 23.5. The van der Waals surface area contributed by atoms with E-state index in [1.54, 1.807) is 0 Å². The van der Waals surface area contributed by atoms with Gasteiger partial charge in [0.05, 0.1) is 19.8 Å². The van der Waals surface area contributed by atoms with Crippen LogP contribution < -0.4 is 31.3 Å². The summed E-state index contributed by atoms with van der Waals surface area (Å²) >= 11 is 0. The second kappa shape index (κ2) is 19.6. The molecule has 0 amide bonds. The minimum Gasteiger partial charge on any atom is -0.507 e. The maximum Gasteiger partial charge on any atom is 0.336 e. The summed E-state index contributed by atoms with van der Waals surface area (Å²) < 4.78 is 22.0. The number of aromatic nitrogens is 3. The first-order chi connectivity index (χ1) is 30.0. The Morgan fingerprint density at radius 3 is 0.667 bits per heavy atom. The Balaban J connectivity index is 1.63. The molecule has 3 N–H and O–H groups in total. The molecule has 0 aliphatic heterocycles. The monoisotopic (exact) mass is 916 g/mol. The summed E-state index contributed by atoms with van der Waals surface area (Å²) in [6.07, 6.45) is 0.864. The topological polar surface area (TPSA) is 154 Å². The second-order valence-electron chi connectivity index (χ2n) is 24.0. The average Bonchev–Trinajstić information content (AvgIpc) is 3.15. The van der Waals surface area contributed by atoms with Crippen molar-refractivity contribution in [3.8, 4) is 34.5 Å². The van der Waals surface area contributed by atoms with Crippen molar-refractivity contribution >= 4 is 0 Å². The molecule has 66 heavy (non-hydrogen) atoms. The van der Waals surface area contributed by atoms with Crippen molar-refractivity contribution in [3.05, 3.63) is 101 Å². The van der Waals surface area contributed by atoms with Crippen molar-refractivity contribution in [2.75, 3.05) is 19.8 Å². The van der Waals surface area contributed by atoms with Crippen LogP contribution in [-0.4, -0.2) is 48.8 Å². The van der Waals surface area contributed by atoms with Crippen LogP contribution >= 0.6 is 0 Å². The largest absolute Gasteiger partial charge is 0.507 e. The summed E-state index contributed by atoms with van der Waals surface area (Å²) in [5.41, 5.74) is 0.297. The van der Waals surface area contributed by atoms with Gasteiger partial charge in [-0.2, -0.15) is 0 Å². The maximum absolute atomic E-state index is 14.1. The zero-order valence-electron chi connectivity index (χ0n) is 43.5. The number of ether oxygens (including phenoxy) is 3. The third kappa shape index (κ3) is 12.8.